The number of hydrogen-bond acceptors (Lipinski definition) is 3. The standard InChI is InChI=1S/C13H21NO2/c1-4-16-13(2,3)10-14-9-11-6-5-7-12(15)8-11/h5-8,14-15H,4,9-10H2,1-3H3. The van der Waals surface area contributed by atoms with Crippen LogP contribution in [0.5, 0.6) is 5.75 Å². The van der Waals surface area contributed by atoms with Gasteiger partial charge < -0.3 is 15.2 Å². The second kappa shape index (κ2) is 5.87. The van der Waals surface area contributed by atoms with Crippen molar-refractivity contribution >= 4 is 0 Å². The molecule has 1 aromatic carbocycles. The fourth-order valence-electron chi connectivity index (χ4n) is 1.62. The zero-order valence-electron chi connectivity index (χ0n) is 10.3. The summed E-state index contributed by atoms with van der Waals surface area (Å²) < 4.78 is 5.58. The first-order valence-electron chi connectivity index (χ1n) is 5.66. The van der Waals surface area contributed by atoms with Crippen molar-refractivity contribution in [3.63, 3.8) is 0 Å². The topological polar surface area (TPSA) is 41.5 Å². The van der Waals surface area contributed by atoms with Crippen LogP contribution in [0.15, 0.2) is 24.3 Å². The lowest BCUT2D eigenvalue weighted by Gasteiger charge is -2.25. The van der Waals surface area contributed by atoms with Gasteiger partial charge in [-0.05, 0) is 38.5 Å². The third-order valence-corrected chi connectivity index (χ3v) is 2.33. The minimum Gasteiger partial charge on any atom is -0.508 e. The van der Waals surface area contributed by atoms with Crippen LogP contribution in [0.25, 0.3) is 0 Å². The lowest BCUT2D eigenvalue weighted by atomic mass is 10.1. The lowest BCUT2D eigenvalue weighted by Crippen LogP contribution is -2.37. The summed E-state index contributed by atoms with van der Waals surface area (Å²) in [4.78, 5) is 0. The Balaban J connectivity index is 2.35. The Hall–Kier alpha value is -1.06. The van der Waals surface area contributed by atoms with Crippen molar-refractivity contribution in [3.8, 4) is 5.75 Å². The van der Waals surface area contributed by atoms with Crippen LogP contribution in [0.2, 0.25) is 0 Å². The first-order valence-corrected chi connectivity index (χ1v) is 5.66. The highest BCUT2D eigenvalue weighted by atomic mass is 16.5. The molecule has 0 saturated heterocycles. The number of benzene rings is 1. The van der Waals surface area contributed by atoms with Gasteiger partial charge in [-0.3, -0.25) is 0 Å². The van der Waals surface area contributed by atoms with E-state index in [1.54, 1.807) is 12.1 Å². The van der Waals surface area contributed by atoms with Crippen LogP contribution >= 0.6 is 0 Å². The lowest BCUT2D eigenvalue weighted by molar-refractivity contribution is -0.00897. The van der Waals surface area contributed by atoms with E-state index >= 15 is 0 Å². The number of phenolic OH excluding ortho intramolecular Hbond substituents is 1. The second-order valence-electron chi connectivity index (χ2n) is 4.47. The predicted molar refractivity (Wildman–Crippen MR) is 65.5 cm³/mol. The fraction of sp³-hybridized carbons (Fsp3) is 0.538. The summed E-state index contributed by atoms with van der Waals surface area (Å²) in [5, 5.41) is 12.6. The molecule has 1 aromatic rings. The molecule has 0 aliphatic carbocycles. The van der Waals surface area contributed by atoms with E-state index in [-0.39, 0.29) is 5.60 Å². The highest BCUT2D eigenvalue weighted by Crippen LogP contribution is 2.11. The van der Waals surface area contributed by atoms with E-state index < -0.39 is 0 Å². The summed E-state index contributed by atoms with van der Waals surface area (Å²) >= 11 is 0. The van der Waals surface area contributed by atoms with E-state index in [9.17, 15) is 5.11 Å². The summed E-state index contributed by atoms with van der Waals surface area (Å²) in [6.45, 7) is 8.37. The summed E-state index contributed by atoms with van der Waals surface area (Å²) in [5.74, 6) is 0.309. The van der Waals surface area contributed by atoms with Crippen molar-refractivity contribution in [2.45, 2.75) is 32.9 Å². The van der Waals surface area contributed by atoms with Crippen LogP contribution in [0.3, 0.4) is 0 Å². The van der Waals surface area contributed by atoms with E-state index in [1.165, 1.54) is 0 Å². The number of aromatic hydroxyl groups is 1. The van der Waals surface area contributed by atoms with Crippen LogP contribution in [-0.4, -0.2) is 23.9 Å². The molecule has 0 fully saturated rings. The second-order valence-corrected chi connectivity index (χ2v) is 4.47. The molecule has 0 amide bonds. The average molecular weight is 223 g/mol. The minimum atomic E-state index is -0.147. The van der Waals surface area contributed by atoms with Crippen LogP contribution in [0.4, 0.5) is 0 Å². The third-order valence-electron chi connectivity index (χ3n) is 2.33. The van der Waals surface area contributed by atoms with Crippen LogP contribution in [0.1, 0.15) is 26.3 Å². The fourth-order valence-corrected chi connectivity index (χ4v) is 1.62. The smallest absolute Gasteiger partial charge is 0.115 e. The van der Waals surface area contributed by atoms with Crippen LogP contribution < -0.4 is 5.32 Å². The average Bonchev–Trinajstić information content (AvgIpc) is 2.17. The van der Waals surface area contributed by atoms with Crippen molar-refractivity contribution in [2.24, 2.45) is 0 Å². The van der Waals surface area contributed by atoms with Crippen molar-refractivity contribution < 1.29 is 9.84 Å². The van der Waals surface area contributed by atoms with Gasteiger partial charge in [0.15, 0.2) is 0 Å². The normalized spacial score (nSPS) is 11.7. The molecule has 1 rings (SSSR count). The maximum atomic E-state index is 9.30. The Bertz CT molecular complexity index is 323. The van der Waals surface area contributed by atoms with Gasteiger partial charge in [0.25, 0.3) is 0 Å². The number of nitrogens with one attached hydrogen (secondary N) is 1. The molecule has 0 aromatic heterocycles. The number of rotatable bonds is 6. The number of ether oxygens (including phenoxy) is 1. The monoisotopic (exact) mass is 223 g/mol. The van der Waals surface area contributed by atoms with E-state index in [0.717, 1.165) is 25.3 Å². The molecule has 16 heavy (non-hydrogen) atoms. The number of hydrogen-bond donors (Lipinski definition) is 2. The van der Waals surface area contributed by atoms with Gasteiger partial charge >= 0.3 is 0 Å². The van der Waals surface area contributed by atoms with Gasteiger partial charge in [0.05, 0.1) is 5.60 Å². The van der Waals surface area contributed by atoms with Crippen molar-refractivity contribution in [3.05, 3.63) is 29.8 Å². The Morgan fingerprint density at radius 2 is 2.12 bits per heavy atom. The molecule has 0 unspecified atom stereocenters. The first-order chi connectivity index (χ1) is 7.53. The van der Waals surface area contributed by atoms with Crippen molar-refractivity contribution in [1.29, 1.82) is 0 Å². The van der Waals surface area contributed by atoms with E-state index in [2.05, 4.69) is 19.2 Å². The van der Waals surface area contributed by atoms with Crippen molar-refractivity contribution in [2.75, 3.05) is 13.2 Å². The Labute approximate surface area is 97.4 Å². The minimum absolute atomic E-state index is 0.147. The summed E-state index contributed by atoms with van der Waals surface area (Å²) in [6, 6.07) is 7.27. The maximum Gasteiger partial charge on any atom is 0.115 e. The zero-order valence-corrected chi connectivity index (χ0v) is 10.3. The molecule has 0 bridgehead atoms. The SMILES string of the molecule is CCOC(C)(C)CNCc1cccc(O)c1. The molecule has 0 spiro atoms. The zero-order chi connectivity index (χ0) is 12.0. The number of phenols is 1. The Morgan fingerprint density at radius 3 is 2.75 bits per heavy atom. The van der Waals surface area contributed by atoms with Crippen LogP contribution in [0, 0.1) is 0 Å². The van der Waals surface area contributed by atoms with Gasteiger partial charge in [0.1, 0.15) is 5.75 Å². The van der Waals surface area contributed by atoms with Gasteiger partial charge in [0.2, 0.25) is 0 Å². The predicted octanol–water partition coefficient (Wildman–Crippen LogP) is 2.30. The summed E-state index contributed by atoms with van der Waals surface area (Å²) in [5.41, 5.74) is 0.929. The molecular weight excluding hydrogens is 202 g/mol. The van der Waals surface area contributed by atoms with Gasteiger partial charge in [-0.2, -0.15) is 0 Å². The molecule has 0 aliphatic rings. The molecule has 0 radical (unpaired) electrons. The molecular formula is C13H21NO2. The highest BCUT2D eigenvalue weighted by molar-refractivity contribution is 5.26. The van der Waals surface area contributed by atoms with Crippen molar-refractivity contribution in [1.82, 2.24) is 5.32 Å². The van der Waals surface area contributed by atoms with Gasteiger partial charge in [-0.25, -0.2) is 0 Å². The van der Waals surface area contributed by atoms with E-state index in [1.807, 2.05) is 19.1 Å². The quantitative estimate of drug-likeness (QED) is 0.777. The maximum absolute atomic E-state index is 9.30. The van der Waals surface area contributed by atoms with Gasteiger partial charge in [-0.15, -0.1) is 0 Å². The summed E-state index contributed by atoms with van der Waals surface area (Å²) in [7, 11) is 0. The Morgan fingerprint density at radius 1 is 1.38 bits per heavy atom. The van der Waals surface area contributed by atoms with Gasteiger partial charge in [-0.1, -0.05) is 12.1 Å². The first kappa shape index (κ1) is 13.0. The molecule has 90 valence electrons. The summed E-state index contributed by atoms with van der Waals surface area (Å²) in [6.07, 6.45) is 0. The van der Waals surface area contributed by atoms with E-state index in [0.29, 0.717) is 5.75 Å². The molecule has 0 aliphatic heterocycles. The molecule has 0 atom stereocenters. The molecule has 0 heterocycles. The molecule has 3 nitrogen and oxygen atoms in total. The molecule has 2 N–H and O–H groups in total. The third kappa shape index (κ3) is 4.64. The molecule has 0 saturated carbocycles. The highest BCUT2D eigenvalue weighted by Gasteiger charge is 2.16. The Kier molecular flexibility index (Phi) is 4.77. The van der Waals surface area contributed by atoms with Crippen LogP contribution in [-0.2, 0) is 11.3 Å². The largest absolute Gasteiger partial charge is 0.508 e. The van der Waals surface area contributed by atoms with Gasteiger partial charge in [0, 0.05) is 19.7 Å². The molecule has 3 heteroatoms. The van der Waals surface area contributed by atoms with E-state index in [4.69, 9.17) is 4.74 Å².